The highest BCUT2D eigenvalue weighted by Crippen LogP contribution is 2.68. The molecule has 3 aliphatic rings. The van der Waals surface area contributed by atoms with Gasteiger partial charge in [0.2, 0.25) is 0 Å². The molecule has 5 nitrogen and oxygen atoms in total. The van der Waals surface area contributed by atoms with Crippen LogP contribution < -0.4 is 5.32 Å². The molecule has 1 amide bonds. The smallest absolute Gasteiger partial charge is 0.407 e. The number of hydrogen-bond donors (Lipinski definition) is 2. The summed E-state index contributed by atoms with van der Waals surface area (Å²) in [5.41, 5.74) is 4.75. The summed E-state index contributed by atoms with van der Waals surface area (Å²) in [6, 6.07) is 16.6. The molecule has 0 aromatic heterocycles. The number of hydrogen-bond acceptors (Lipinski definition) is 4. The molecular formula is C24H27NO4. The Morgan fingerprint density at radius 3 is 2.31 bits per heavy atom. The van der Waals surface area contributed by atoms with E-state index in [1.807, 2.05) is 24.3 Å². The SMILES string of the molecule is O=C(NCC1(CO)CC12CCOCC2)OCC1c2ccccc2-c2ccccc21. The summed E-state index contributed by atoms with van der Waals surface area (Å²) in [6.07, 6.45) is 2.46. The van der Waals surface area contributed by atoms with Crippen LogP contribution in [0.1, 0.15) is 36.3 Å². The fourth-order valence-corrected chi connectivity index (χ4v) is 5.49. The molecule has 1 aliphatic heterocycles. The van der Waals surface area contributed by atoms with Gasteiger partial charge in [0.25, 0.3) is 0 Å². The molecule has 2 aromatic rings. The number of alkyl carbamates (subject to hydrolysis) is 1. The highest BCUT2D eigenvalue weighted by molar-refractivity contribution is 5.79. The van der Waals surface area contributed by atoms with Crippen LogP contribution in [-0.4, -0.2) is 44.2 Å². The summed E-state index contributed by atoms with van der Waals surface area (Å²) in [5.74, 6) is 0.0581. The Balaban J connectivity index is 1.22. The zero-order valence-corrected chi connectivity index (χ0v) is 16.5. The fourth-order valence-electron chi connectivity index (χ4n) is 5.49. The van der Waals surface area contributed by atoms with Gasteiger partial charge in [-0.25, -0.2) is 4.79 Å². The third kappa shape index (κ3) is 3.04. The molecule has 2 aromatic carbocycles. The van der Waals surface area contributed by atoms with Crippen LogP contribution >= 0.6 is 0 Å². The van der Waals surface area contributed by atoms with E-state index in [9.17, 15) is 9.90 Å². The van der Waals surface area contributed by atoms with Gasteiger partial charge in [-0.3, -0.25) is 0 Å². The van der Waals surface area contributed by atoms with E-state index in [0.29, 0.717) is 13.2 Å². The van der Waals surface area contributed by atoms with E-state index in [-0.39, 0.29) is 23.4 Å². The number of carbonyl (C=O) groups excluding carboxylic acids is 1. The monoisotopic (exact) mass is 393 g/mol. The van der Waals surface area contributed by atoms with Crippen LogP contribution in [0.25, 0.3) is 11.1 Å². The van der Waals surface area contributed by atoms with E-state index >= 15 is 0 Å². The van der Waals surface area contributed by atoms with E-state index in [1.54, 1.807) is 0 Å². The molecule has 1 heterocycles. The second-order valence-electron chi connectivity index (χ2n) is 8.69. The average Bonchev–Trinajstić information content (AvgIpc) is 3.25. The molecule has 5 heteroatoms. The lowest BCUT2D eigenvalue weighted by Crippen LogP contribution is -2.37. The molecule has 1 spiro atoms. The minimum Gasteiger partial charge on any atom is -0.449 e. The first-order valence-corrected chi connectivity index (χ1v) is 10.5. The Labute approximate surface area is 171 Å². The summed E-state index contributed by atoms with van der Waals surface area (Å²) in [6.45, 7) is 2.35. The van der Waals surface area contributed by atoms with E-state index in [2.05, 4.69) is 29.6 Å². The molecule has 29 heavy (non-hydrogen) atoms. The molecule has 1 saturated heterocycles. The molecule has 1 atom stereocenters. The van der Waals surface area contributed by atoms with Gasteiger partial charge in [-0.2, -0.15) is 0 Å². The average molecular weight is 393 g/mol. The van der Waals surface area contributed by atoms with Crippen molar-refractivity contribution in [1.29, 1.82) is 0 Å². The van der Waals surface area contributed by atoms with Crippen LogP contribution in [0.3, 0.4) is 0 Å². The molecule has 1 saturated carbocycles. The van der Waals surface area contributed by atoms with Gasteiger partial charge in [0.05, 0.1) is 6.61 Å². The van der Waals surface area contributed by atoms with Crippen LogP contribution in [0.15, 0.2) is 48.5 Å². The second-order valence-corrected chi connectivity index (χ2v) is 8.69. The number of fused-ring (bicyclic) bond motifs is 3. The molecule has 2 aliphatic carbocycles. The third-order valence-corrected chi connectivity index (χ3v) is 7.34. The van der Waals surface area contributed by atoms with Crippen molar-refractivity contribution < 1.29 is 19.4 Å². The number of aliphatic hydroxyl groups excluding tert-OH is 1. The van der Waals surface area contributed by atoms with Crippen molar-refractivity contribution in [3.63, 3.8) is 0 Å². The highest BCUT2D eigenvalue weighted by atomic mass is 16.5. The van der Waals surface area contributed by atoms with Gasteiger partial charge in [0.15, 0.2) is 0 Å². The Morgan fingerprint density at radius 1 is 1.07 bits per heavy atom. The molecule has 2 fully saturated rings. The van der Waals surface area contributed by atoms with Gasteiger partial charge >= 0.3 is 6.09 Å². The van der Waals surface area contributed by atoms with E-state index in [4.69, 9.17) is 9.47 Å². The predicted octanol–water partition coefficient (Wildman–Crippen LogP) is 3.70. The van der Waals surface area contributed by atoms with E-state index < -0.39 is 6.09 Å². The summed E-state index contributed by atoms with van der Waals surface area (Å²) >= 11 is 0. The lowest BCUT2D eigenvalue weighted by Gasteiger charge is -2.28. The third-order valence-electron chi connectivity index (χ3n) is 7.34. The number of aliphatic hydroxyl groups is 1. The van der Waals surface area contributed by atoms with Crippen molar-refractivity contribution in [1.82, 2.24) is 5.32 Å². The second kappa shape index (κ2) is 7.15. The molecule has 0 bridgehead atoms. The standard InChI is InChI=1S/C24H27NO4/c26-16-24(14-23(24)9-11-28-12-10-23)15-25-22(27)29-13-21-19-7-3-1-5-17(19)18-6-2-4-8-20(18)21/h1-8,21,26H,9-16H2,(H,25,27). The number of ether oxygens (including phenoxy) is 2. The maximum atomic E-state index is 12.4. The van der Waals surface area contributed by atoms with Gasteiger partial charge in [0, 0.05) is 31.1 Å². The van der Waals surface area contributed by atoms with E-state index in [1.165, 1.54) is 22.3 Å². The van der Waals surface area contributed by atoms with Crippen molar-refractivity contribution in [2.45, 2.75) is 25.2 Å². The number of amides is 1. The largest absolute Gasteiger partial charge is 0.449 e. The van der Waals surface area contributed by atoms with Crippen molar-refractivity contribution in [3.8, 4) is 11.1 Å². The minimum atomic E-state index is -0.409. The molecule has 0 radical (unpaired) electrons. The Hall–Kier alpha value is -2.37. The predicted molar refractivity (Wildman–Crippen MR) is 110 cm³/mol. The van der Waals surface area contributed by atoms with Crippen molar-refractivity contribution in [3.05, 3.63) is 59.7 Å². The molecule has 152 valence electrons. The Kier molecular flexibility index (Phi) is 4.60. The van der Waals surface area contributed by atoms with Gasteiger partial charge in [0.1, 0.15) is 6.61 Å². The maximum absolute atomic E-state index is 12.4. The first kappa shape index (κ1) is 18.6. The summed E-state index contributed by atoms with van der Waals surface area (Å²) < 4.78 is 11.1. The highest BCUT2D eigenvalue weighted by Gasteiger charge is 2.66. The Bertz CT molecular complexity index is 875. The number of nitrogens with one attached hydrogen (secondary N) is 1. The van der Waals surface area contributed by atoms with E-state index in [0.717, 1.165) is 32.5 Å². The van der Waals surface area contributed by atoms with Gasteiger partial charge in [-0.15, -0.1) is 0 Å². The lowest BCUT2D eigenvalue weighted by atomic mass is 9.86. The van der Waals surface area contributed by atoms with Crippen LogP contribution in [0.5, 0.6) is 0 Å². The quantitative estimate of drug-likeness (QED) is 0.813. The summed E-state index contributed by atoms with van der Waals surface area (Å²) in [5, 5.41) is 12.9. The van der Waals surface area contributed by atoms with Crippen LogP contribution in [0.4, 0.5) is 4.79 Å². The topological polar surface area (TPSA) is 67.8 Å². The molecule has 1 unspecified atom stereocenters. The van der Waals surface area contributed by atoms with Gasteiger partial charge in [-0.1, -0.05) is 48.5 Å². The van der Waals surface area contributed by atoms with Crippen LogP contribution in [-0.2, 0) is 9.47 Å². The zero-order chi connectivity index (χ0) is 19.9. The summed E-state index contributed by atoms with van der Waals surface area (Å²) in [4.78, 5) is 12.4. The summed E-state index contributed by atoms with van der Waals surface area (Å²) in [7, 11) is 0. The first-order valence-electron chi connectivity index (χ1n) is 10.5. The number of carbonyl (C=O) groups is 1. The zero-order valence-electron chi connectivity index (χ0n) is 16.5. The fraction of sp³-hybridized carbons (Fsp3) is 0.458. The van der Waals surface area contributed by atoms with Crippen molar-refractivity contribution >= 4 is 6.09 Å². The lowest BCUT2D eigenvalue weighted by molar-refractivity contribution is 0.0305. The maximum Gasteiger partial charge on any atom is 0.407 e. The van der Waals surface area contributed by atoms with Gasteiger partial charge in [-0.05, 0) is 46.9 Å². The van der Waals surface area contributed by atoms with Crippen LogP contribution in [0.2, 0.25) is 0 Å². The normalized spacial score (nSPS) is 24.0. The molecule has 5 rings (SSSR count). The Morgan fingerprint density at radius 2 is 1.69 bits per heavy atom. The van der Waals surface area contributed by atoms with Crippen LogP contribution in [0, 0.1) is 10.8 Å². The minimum absolute atomic E-state index is 0.0581. The number of rotatable bonds is 5. The first-order chi connectivity index (χ1) is 14.2. The van der Waals surface area contributed by atoms with Gasteiger partial charge < -0.3 is 19.9 Å². The number of benzene rings is 2. The molecule has 2 N–H and O–H groups in total. The molecular weight excluding hydrogens is 366 g/mol. The van der Waals surface area contributed by atoms with Crippen molar-refractivity contribution in [2.75, 3.05) is 33.0 Å². The van der Waals surface area contributed by atoms with Crippen molar-refractivity contribution in [2.24, 2.45) is 10.8 Å².